The summed E-state index contributed by atoms with van der Waals surface area (Å²) in [6.07, 6.45) is 6.78. The summed E-state index contributed by atoms with van der Waals surface area (Å²) in [4.78, 5) is 25.3. The molecule has 1 aliphatic carbocycles. The molecule has 44 heavy (non-hydrogen) atoms. The average Bonchev–Trinajstić information content (AvgIpc) is 3.67. The summed E-state index contributed by atoms with van der Waals surface area (Å²) in [6.45, 7) is 9.22. The third-order valence-electron chi connectivity index (χ3n) is 8.06. The molecule has 3 aromatic heterocycles. The number of hydrogen-bond acceptors (Lipinski definition) is 11. The maximum absolute atomic E-state index is 12.6. The first-order chi connectivity index (χ1) is 21.0. The van der Waals surface area contributed by atoms with Gasteiger partial charge in [0.15, 0.2) is 11.5 Å². The zero-order chi connectivity index (χ0) is 31.6. The molecule has 1 fully saturated rings. The summed E-state index contributed by atoms with van der Waals surface area (Å²) in [7, 11) is 2.11. The summed E-state index contributed by atoms with van der Waals surface area (Å²) in [5.41, 5.74) is 2.47. The number of carbonyl (C=O) groups excluding carboxylic acids is 1. The third-order valence-corrected chi connectivity index (χ3v) is 9.53. The lowest BCUT2D eigenvalue weighted by Gasteiger charge is -2.22. The van der Waals surface area contributed by atoms with E-state index in [2.05, 4.69) is 45.7 Å². The lowest BCUT2D eigenvalue weighted by Crippen LogP contribution is -2.32. The van der Waals surface area contributed by atoms with E-state index in [-0.39, 0.29) is 11.1 Å². The van der Waals surface area contributed by atoms with Gasteiger partial charge >= 0.3 is 6.09 Å². The molecule has 1 amide bonds. The SMILES string of the molecule is CCCc1sc(NC(=O)OC(C)(C)C)c(C#N)c1C1CCCc2c(-c3nc(Cl)c(C=N)c(NCC4CCCN4C)n3)noc21. The van der Waals surface area contributed by atoms with Gasteiger partial charge in [-0.25, -0.2) is 14.8 Å². The van der Waals surface area contributed by atoms with Crippen molar-refractivity contribution in [3.8, 4) is 17.6 Å². The van der Waals surface area contributed by atoms with Gasteiger partial charge in [-0.05, 0) is 78.5 Å². The van der Waals surface area contributed by atoms with Gasteiger partial charge in [-0.1, -0.05) is 30.1 Å². The van der Waals surface area contributed by atoms with E-state index in [1.54, 1.807) is 20.8 Å². The van der Waals surface area contributed by atoms with E-state index in [0.717, 1.165) is 61.1 Å². The number of amides is 1. The van der Waals surface area contributed by atoms with E-state index in [1.165, 1.54) is 17.6 Å². The summed E-state index contributed by atoms with van der Waals surface area (Å²) in [5.74, 6) is 1.29. The average molecular weight is 639 g/mol. The number of fused-ring (bicyclic) bond motifs is 1. The number of halogens is 1. The van der Waals surface area contributed by atoms with Gasteiger partial charge < -0.3 is 24.9 Å². The van der Waals surface area contributed by atoms with E-state index in [0.29, 0.717) is 58.2 Å². The molecule has 13 heteroatoms. The normalized spacial score (nSPS) is 18.5. The number of aromatic nitrogens is 3. The molecular formula is C31H39ClN8O3S. The molecule has 1 saturated heterocycles. The maximum Gasteiger partial charge on any atom is 0.412 e. The van der Waals surface area contributed by atoms with E-state index in [9.17, 15) is 10.1 Å². The van der Waals surface area contributed by atoms with Crippen molar-refractivity contribution in [1.82, 2.24) is 20.0 Å². The van der Waals surface area contributed by atoms with Crippen molar-refractivity contribution in [3.63, 3.8) is 0 Å². The molecule has 2 unspecified atom stereocenters. The Hall–Kier alpha value is -3.53. The van der Waals surface area contributed by atoms with E-state index < -0.39 is 11.7 Å². The van der Waals surface area contributed by atoms with Crippen LogP contribution in [0.2, 0.25) is 5.15 Å². The number of thiophene rings is 1. The van der Waals surface area contributed by atoms with Crippen molar-refractivity contribution in [2.75, 3.05) is 30.8 Å². The van der Waals surface area contributed by atoms with Gasteiger partial charge in [-0.15, -0.1) is 11.3 Å². The standard InChI is InChI=1S/C31H39ClN8O3S/c1-6-9-22-23(20(14-33)29(44-22)38-30(41)42-31(2,3)4)18-11-7-12-19-24(39-43-25(18)19)28-36-26(32)21(15-34)27(37-28)35-16-17-10-8-13-40(17)5/h15,17-18,34H,6-13,16H2,1-5H3,(H,38,41)(H,35,36,37). The van der Waals surface area contributed by atoms with Gasteiger partial charge in [0, 0.05) is 35.2 Å². The summed E-state index contributed by atoms with van der Waals surface area (Å²) >= 11 is 7.99. The highest BCUT2D eigenvalue weighted by Gasteiger charge is 2.36. The number of carbonyl (C=O) groups is 1. The highest BCUT2D eigenvalue weighted by Crippen LogP contribution is 2.47. The minimum Gasteiger partial charge on any atom is -0.444 e. The molecule has 11 nitrogen and oxygen atoms in total. The summed E-state index contributed by atoms with van der Waals surface area (Å²) in [5, 5.41) is 29.5. The Kier molecular flexibility index (Phi) is 9.58. The zero-order valence-corrected chi connectivity index (χ0v) is 27.4. The van der Waals surface area contributed by atoms with E-state index in [4.69, 9.17) is 31.3 Å². The minimum absolute atomic E-state index is 0.170. The van der Waals surface area contributed by atoms with Crippen molar-refractivity contribution < 1.29 is 14.1 Å². The number of likely N-dealkylation sites (N-methyl/N-ethyl adjacent to an activating group) is 1. The summed E-state index contributed by atoms with van der Waals surface area (Å²) < 4.78 is 11.5. The minimum atomic E-state index is -0.665. The molecule has 0 aromatic carbocycles. The zero-order valence-electron chi connectivity index (χ0n) is 25.8. The van der Waals surface area contributed by atoms with Gasteiger partial charge in [0.25, 0.3) is 0 Å². The van der Waals surface area contributed by atoms with Crippen LogP contribution in [0, 0.1) is 16.7 Å². The second-order valence-electron chi connectivity index (χ2n) is 12.4. The van der Waals surface area contributed by atoms with Crippen molar-refractivity contribution in [1.29, 1.82) is 10.7 Å². The molecule has 2 aliphatic rings. The van der Waals surface area contributed by atoms with Gasteiger partial charge in [-0.2, -0.15) is 5.26 Å². The van der Waals surface area contributed by atoms with Crippen LogP contribution >= 0.6 is 22.9 Å². The van der Waals surface area contributed by atoms with Crippen LogP contribution < -0.4 is 10.6 Å². The summed E-state index contributed by atoms with van der Waals surface area (Å²) in [6, 6.07) is 2.72. The monoisotopic (exact) mass is 638 g/mol. The first-order valence-electron chi connectivity index (χ1n) is 15.1. The quantitative estimate of drug-likeness (QED) is 0.166. The van der Waals surface area contributed by atoms with E-state index in [1.807, 2.05) is 0 Å². The van der Waals surface area contributed by atoms with Crippen LogP contribution in [0.15, 0.2) is 4.52 Å². The van der Waals surface area contributed by atoms with Gasteiger partial charge in [0.05, 0.1) is 11.1 Å². The van der Waals surface area contributed by atoms with Crippen LogP contribution in [-0.4, -0.2) is 64.1 Å². The van der Waals surface area contributed by atoms with Gasteiger partial charge in [0.2, 0.25) is 0 Å². The fourth-order valence-corrected chi connectivity index (χ4v) is 7.56. The molecule has 0 spiro atoms. The van der Waals surface area contributed by atoms with Gasteiger partial charge in [0.1, 0.15) is 33.4 Å². The van der Waals surface area contributed by atoms with Crippen molar-refractivity contribution in [2.45, 2.75) is 90.2 Å². The van der Waals surface area contributed by atoms with Crippen LogP contribution in [0.25, 0.3) is 11.5 Å². The Balaban J connectivity index is 1.50. The molecule has 3 N–H and O–H groups in total. The predicted molar refractivity (Wildman–Crippen MR) is 172 cm³/mol. The lowest BCUT2D eigenvalue weighted by atomic mass is 9.81. The van der Waals surface area contributed by atoms with Crippen molar-refractivity contribution in [2.24, 2.45) is 0 Å². The van der Waals surface area contributed by atoms with Crippen LogP contribution in [0.3, 0.4) is 0 Å². The highest BCUT2D eigenvalue weighted by atomic mass is 35.5. The predicted octanol–water partition coefficient (Wildman–Crippen LogP) is 6.99. The van der Waals surface area contributed by atoms with Gasteiger partial charge in [-0.3, -0.25) is 5.32 Å². The third kappa shape index (κ3) is 6.60. The molecule has 0 saturated carbocycles. The molecule has 2 atom stereocenters. The first-order valence-corrected chi connectivity index (χ1v) is 16.3. The largest absolute Gasteiger partial charge is 0.444 e. The number of nitriles is 1. The Bertz CT molecular complexity index is 1590. The number of likely N-dealkylation sites (tertiary alicyclic amines) is 1. The number of aryl methyl sites for hydroxylation is 1. The fraction of sp³-hybridized carbons (Fsp3) is 0.548. The molecule has 5 rings (SSSR count). The second-order valence-corrected chi connectivity index (χ2v) is 13.8. The number of rotatable bonds is 9. The highest BCUT2D eigenvalue weighted by molar-refractivity contribution is 7.16. The van der Waals surface area contributed by atoms with E-state index >= 15 is 0 Å². The maximum atomic E-state index is 12.6. The van der Waals surface area contributed by atoms with Crippen LogP contribution in [0.1, 0.15) is 98.6 Å². The van der Waals surface area contributed by atoms with Crippen molar-refractivity contribution in [3.05, 3.63) is 38.0 Å². The first kappa shape index (κ1) is 31.9. The molecule has 4 heterocycles. The molecule has 0 radical (unpaired) electrons. The molecule has 1 aliphatic heterocycles. The van der Waals surface area contributed by atoms with Crippen LogP contribution in [-0.2, 0) is 17.6 Å². The lowest BCUT2D eigenvalue weighted by molar-refractivity contribution is 0.0636. The Morgan fingerprint density at radius 2 is 2.11 bits per heavy atom. The van der Waals surface area contributed by atoms with Crippen molar-refractivity contribution >= 4 is 46.1 Å². The topological polar surface area (TPSA) is 153 Å². The smallest absolute Gasteiger partial charge is 0.412 e. The fourth-order valence-electron chi connectivity index (χ4n) is 6.03. The van der Waals surface area contributed by atoms with Crippen LogP contribution in [0.5, 0.6) is 0 Å². The molecular weight excluding hydrogens is 600 g/mol. The molecule has 0 bridgehead atoms. The number of hydrogen-bond donors (Lipinski definition) is 3. The number of ether oxygens (including phenoxy) is 1. The Morgan fingerprint density at radius 1 is 1.32 bits per heavy atom. The molecule has 3 aromatic rings. The number of anilines is 2. The Morgan fingerprint density at radius 3 is 2.77 bits per heavy atom. The van der Waals surface area contributed by atoms with Crippen LogP contribution in [0.4, 0.5) is 15.6 Å². The second kappa shape index (κ2) is 13.2. The number of nitrogens with one attached hydrogen (secondary N) is 3. The number of nitrogens with zero attached hydrogens (tertiary/aromatic N) is 5. The molecule has 234 valence electrons. The Labute approximate surface area is 266 Å².